The van der Waals surface area contributed by atoms with E-state index in [9.17, 15) is 15.2 Å². The van der Waals surface area contributed by atoms with Crippen molar-refractivity contribution in [3.05, 3.63) is 21.1 Å². The average Bonchev–Trinajstić information content (AvgIpc) is 2.79. The summed E-state index contributed by atoms with van der Waals surface area (Å²) in [7, 11) is 0. The molecule has 1 aromatic rings. The van der Waals surface area contributed by atoms with Crippen molar-refractivity contribution in [2.24, 2.45) is 0 Å². The van der Waals surface area contributed by atoms with Crippen LogP contribution in [0.2, 0.25) is 0 Å². The number of aliphatic hydroxyl groups is 2. The molecule has 1 atom stereocenters. The minimum atomic E-state index is -0.723. The van der Waals surface area contributed by atoms with Gasteiger partial charge in [0.1, 0.15) is 0 Å². The number of nitro groups is 1. The Bertz CT molecular complexity index is 420. The summed E-state index contributed by atoms with van der Waals surface area (Å²) in [6.07, 6.45) is 1.16. The lowest BCUT2D eigenvalue weighted by Gasteiger charge is -2.21. The van der Waals surface area contributed by atoms with Crippen LogP contribution in [0.5, 0.6) is 0 Å². The molecule has 0 aromatic carbocycles. The van der Waals surface area contributed by atoms with Gasteiger partial charge in [0.05, 0.1) is 17.6 Å². The largest absolute Gasteiger partial charge is 0.395 e. The third kappa shape index (κ3) is 4.15. The number of anilines is 1. The maximum Gasteiger partial charge on any atom is 0.304 e. The molecule has 0 aliphatic rings. The second-order valence-electron chi connectivity index (χ2n) is 4.34. The third-order valence-corrected chi connectivity index (χ3v) is 4.12. The van der Waals surface area contributed by atoms with Gasteiger partial charge in [-0.15, -0.1) is 11.3 Å². The standard InChI is InChI=1S/C12H20N2O4S/c1-3-4-5-13(6-7-15)12-10(14(17)18)8-11(19-12)9(2)16/h8-9,15-16H,3-7H2,1-2H3. The summed E-state index contributed by atoms with van der Waals surface area (Å²) in [5.41, 5.74) is 0.00505. The third-order valence-electron chi connectivity index (χ3n) is 2.76. The van der Waals surface area contributed by atoms with Gasteiger partial charge in [0, 0.05) is 24.0 Å². The molecule has 7 heteroatoms. The summed E-state index contributed by atoms with van der Waals surface area (Å²) in [6.45, 7) is 4.60. The molecule has 6 nitrogen and oxygen atoms in total. The molecule has 0 saturated carbocycles. The molecule has 0 amide bonds. The number of thiophene rings is 1. The summed E-state index contributed by atoms with van der Waals surface area (Å²) in [5, 5.41) is 30.2. The van der Waals surface area contributed by atoms with Gasteiger partial charge in [-0.25, -0.2) is 0 Å². The second kappa shape index (κ2) is 7.42. The molecular weight excluding hydrogens is 268 g/mol. The van der Waals surface area contributed by atoms with Crippen LogP contribution >= 0.6 is 11.3 Å². The molecule has 0 aliphatic heterocycles. The predicted molar refractivity (Wildman–Crippen MR) is 75.8 cm³/mol. The molecule has 0 radical (unpaired) electrons. The summed E-state index contributed by atoms with van der Waals surface area (Å²) < 4.78 is 0. The van der Waals surface area contributed by atoms with Gasteiger partial charge < -0.3 is 15.1 Å². The first kappa shape index (κ1) is 15.9. The predicted octanol–water partition coefficient (Wildman–Crippen LogP) is 2.31. The van der Waals surface area contributed by atoms with Crippen molar-refractivity contribution >= 4 is 22.0 Å². The fourth-order valence-electron chi connectivity index (χ4n) is 1.74. The van der Waals surface area contributed by atoms with Gasteiger partial charge in [0.15, 0.2) is 5.00 Å². The van der Waals surface area contributed by atoms with E-state index in [0.717, 1.165) is 12.8 Å². The number of nitrogens with zero attached hydrogens (tertiary/aromatic N) is 2. The summed E-state index contributed by atoms with van der Waals surface area (Å²) >= 11 is 1.22. The van der Waals surface area contributed by atoms with Crippen LogP contribution in [0.4, 0.5) is 10.7 Å². The molecule has 0 fully saturated rings. The smallest absolute Gasteiger partial charge is 0.304 e. The molecule has 0 bridgehead atoms. The van der Waals surface area contributed by atoms with Crippen LogP contribution in [0.1, 0.15) is 37.7 Å². The molecule has 1 rings (SSSR count). The number of hydrogen-bond acceptors (Lipinski definition) is 6. The summed E-state index contributed by atoms with van der Waals surface area (Å²) in [4.78, 5) is 13.0. The molecule has 1 unspecified atom stereocenters. The normalized spacial score (nSPS) is 12.4. The second-order valence-corrected chi connectivity index (χ2v) is 5.40. The fraction of sp³-hybridized carbons (Fsp3) is 0.667. The van der Waals surface area contributed by atoms with Crippen LogP contribution in [-0.2, 0) is 0 Å². The Kier molecular flexibility index (Phi) is 6.20. The Balaban J connectivity index is 3.08. The van der Waals surface area contributed by atoms with Crippen molar-refractivity contribution < 1.29 is 15.1 Å². The zero-order valence-electron chi connectivity index (χ0n) is 11.2. The highest BCUT2D eigenvalue weighted by molar-refractivity contribution is 7.16. The first-order chi connectivity index (χ1) is 9.01. The van der Waals surface area contributed by atoms with Gasteiger partial charge in [-0.1, -0.05) is 13.3 Å². The van der Waals surface area contributed by atoms with E-state index in [1.54, 1.807) is 6.92 Å². The molecule has 0 aliphatic carbocycles. The lowest BCUT2D eigenvalue weighted by atomic mass is 10.3. The van der Waals surface area contributed by atoms with Crippen LogP contribution in [-0.4, -0.2) is 34.8 Å². The van der Waals surface area contributed by atoms with E-state index >= 15 is 0 Å². The van der Waals surface area contributed by atoms with E-state index in [0.29, 0.717) is 23.0 Å². The Morgan fingerprint density at radius 3 is 2.68 bits per heavy atom. The number of unbranched alkanes of at least 4 members (excludes halogenated alkanes) is 1. The molecular formula is C12H20N2O4S. The number of aliphatic hydroxyl groups excluding tert-OH is 2. The van der Waals surface area contributed by atoms with E-state index in [1.165, 1.54) is 17.4 Å². The minimum Gasteiger partial charge on any atom is -0.395 e. The SMILES string of the molecule is CCCCN(CCO)c1sc(C(C)O)cc1[N+](=O)[O-]. The van der Waals surface area contributed by atoms with Gasteiger partial charge >= 0.3 is 5.69 Å². The topological polar surface area (TPSA) is 86.8 Å². The first-order valence-corrected chi connectivity index (χ1v) is 7.14. The summed E-state index contributed by atoms with van der Waals surface area (Å²) in [6, 6.07) is 1.42. The molecule has 19 heavy (non-hydrogen) atoms. The van der Waals surface area contributed by atoms with E-state index in [-0.39, 0.29) is 12.3 Å². The number of rotatable bonds is 8. The number of hydrogen-bond donors (Lipinski definition) is 2. The van der Waals surface area contributed by atoms with Crippen LogP contribution < -0.4 is 4.90 Å². The van der Waals surface area contributed by atoms with Crippen molar-refractivity contribution in [3.63, 3.8) is 0 Å². The highest BCUT2D eigenvalue weighted by Gasteiger charge is 2.24. The van der Waals surface area contributed by atoms with Crippen molar-refractivity contribution in [3.8, 4) is 0 Å². The van der Waals surface area contributed by atoms with E-state index < -0.39 is 11.0 Å². The Morgan fingerprint density at radius 1 is 1.53 bits per heavy atom. The van der Waals surface area contributed by atoms with E-state index in [4.69, 9.17) is 5.11 Å². The monoisotopic (exact) mass is 288 g/mol. The van der Waals surface area contributed by atoms with Gasteiger partial charge in [0.2, 0.25) is 0 Å². The maximum absolute atomic E-state index is 11.1. The molecule has 1 heterocycles. The van der Waals surface area contributed by atoms with E-state index in [2.05, 4.69) is 0 Å². The molecule has 108 valence electrons. The van der Waals surface area contributed by atoms with Crippen molar-refractivity contribution in [2.45, 2.75) is 32.8 Å². The van der Waals surface area contributed by atoms with Gasteiger partial charge in [-0.2, -0.15) is 0 Å². The van der Waals surface area contributed by atoms with E-state index in [1.807, 2.05) is 11.8 Å². The highest BCUT2D eigenvalue weighted by atomic mass is 32.1. The Labute approximate surface area is 116 Å². The molecule has 0 saturated heterocycles. The Morgan fingerprint density at radius 2 is 2.21 bits per heavy atom. The Hall–Kier alpha value is -1.18. The zero-order chi connectivity index (χ0) is 14.4. The minimum absolute atomic E-state index is 0.00505. The summed E-state index contributed by atoms with van der Waals surface area (Å²) in [5.74, 6) is 0. The quantitative estimate of drug-likeness (QED) is 0.566. The average molecular weight is 288 g/mol. The van der Waals surface area contributed by atoms with Crippen molar-refractivity contribution in [1.29, 1.82) is 0 Å². The van der Waals surface area contributed by atoms with Gasteiger partial charge in [0.25, 0.3) is 0 Å². The van der Waals surface area contributed by atoms with Gasteiger partial charge in [-0.05, 0) is 13.3 Å². The lowest BCUT2D eigenvalue weighted by molar-refractivity contribution is -0.383. The van der Waals surface area contributed by atoms with Crippen LogP contribution in [0.15, 0.2) is 6.07 Å². The molecule has 0 spiro atoms. The van der Waals surface area contributed by atoms with Crippen LogP contribution in [0.3, 0.4) is 0 Å². The zero-order valence-corrected chi connectivity index (χ0v) is 12.0. The fourth-order valence-corrected chi connectivity index (χ4v) is 2.85. The van der Waals surface area contributed by atoms with Crippen molar-refractivity contribution in [2.75, 3.05) is 24.6 Å². The lowest BCUT2D eigenvalue weighted by Crippen LogP contribution is -2.27. The van der Waals surface area contributed by atoms with Gasteiger partial charge in [-0.3, -0.25) is 10.1 Å². The van der Waals surface area contributed by atoms with Crippen LogP contribution in [0, 0.1) is 10.1 Å². The van der Waals surface area contributed by atoms with Crippen molar-refractivity contribution in [1.82, 2.24) is 0 Å². The highest BCUT2D eigenvalue weighted by Crippen LogP contribution is 2.40. The maximum atomic E-state index is 11.1. The molecule has 1 aromatic heterocycles. The van der Waals surface area contributed by atoms with Crippen LogP contribution in [0.25, 0.3) is 0 Å². The first-order valence-electron chi connectivity index (χ1n) is 6.33. The molecule has 2 N–H and O–H groups in total.